The molecule has 0 radical (unpaired) electrons. The maximum Gasteiger partial charge on any atom is 0.322 e. The van der Waals surface area contributed by atoms with Crippen molar-refractivity contribution in [1.29, 1.82) is 0 Å². The molecule has 2 fully saturated rings. The molecule has 34 heavy (non-hydrogen) atoms. The maximum absolute atomic E-state index is 14.5. The van der Waals surface area contributed by atoms with Crippen molar-refractivity contribution < 1.29 is 23.9 Å². The Bertz CT molecular complexity index is 1080. The van der Waals surface area contributed by atoms with E-state index in [1.807, 2.05) is 0 Å². The van der Waals surface area contributed by atoms with E-state index in [1.165, 1.54) is 26.6 Å². The smallest absolute Gasteiger partial charge is 0.322 e. The number of halogens is 2. The second-order valence-corrected chi connectivity index (χ2v) is 9.57. The summed E-state index contributed by atoms with van der Waals surface area (Å²) in [5.41, 5.74) is -2.79. The van der Waals surface area contributed by atoms with Crippen LogP contribution in [-0.4, -0.2) is 78.9 Å². The largest absolute Gasteiger partial charge is 0.468 e. The van der Waals surface area contributed by atoms with Gasteiger partial charge in [-0.3, -0.25) is 29.3 Å². The molecular formula is C23H24Cl2N4O5. The van der Waals surface area contributed by atoms with E-state index in [1.54, 1.807) is 48.2 Å². The summed E-state index contributed by atoms with van der Waals surface area (Å²) < 4.78 is 10.3. The topological polar surface area (TPSA) is 102 Å². The first-order chi connectivity index (χ1) is 16.1. The first-order valence-electron chi connectivity index (χ1n) is 10.5. The van der Waals surface area contributed by atoms with E-state index in [9.17, 15) is 14.4 Å². The van der Waals surface area contributed by atoms with E-state index < -0.39 is 40.6 Å². The average Bonchev–Trinajstić information content (AvgIpc) is 2.80. The van der Waals surface area contributed by atoms with Gasteiger partial charge in [-0.25, -0.2) is 0 Å². The molecule has 180 valence electrons. The zero-order valence-corrected chi connectivity index (χ0v) is 20.6. The van der Waals surface area contributed by atoms with Crippen molar-refractivity contribution in [2.75, 3.05) is 41.4 Å². The molecule has 9 nitrogen and oxygen atoms in total. The van der Waals surface area contributed by atoms with Crippen molar-refractivity contribution in [3.05, 3.63) is 58.1 Å². The predicted molar refractivity (Wildman–Crippen MR) is 123 cm³/mol. The van der Waals surface area contributed by atoms with Gasteiger partial charge in [0.05, 0.1) is 37.7 Å². The fourth-order valence-corrected chi connectivity index (χ4v) is 6.02. The molecular weight excluding hydrogens is 483 g/mol. The van der Waals surface area contributed by atoms with Crippen molar-refractivity contribution in [2.45, 2.75) is 12.1 Å². The second kappa shape index (κ2) is 8.88. The third-order valence-corrected chi connectivity index (χ3v) is 7.21. The fraction of sp³-hybridized carbons (Fsp3) is 0.435. The van der Waals surface area contributed by atoms with Crippen LogP contribution in [-0.2, 0) is 23.9 Å². The molecule has 4 atom stereocenters. The van der Waals surface area contributed by atoms with Crippen LogP contribution in [0.1, 0.15) is 23.5 Å². The number of carbonyl (C=O) groups excluding carboxylic acids is 3. The van der Waals surface area contributed by atoms with Crippen LogP contribution in [0.4, 0.5) is 0 Å². The minimum atomic E-state index is -1.78. The summed E-state index contributed by atoms with van der Waals surface area (Å²) in [6.45, 7) is 0.0201. The fourth-order valence-electron chi connectivity index (χ4n) is 5.68. The van der Waals surface area contributed by atoms with Gasteiger partial charge in [0.15, 0.2) is 16.6 Å². The van der Waals surface area contributed by atoms with Crippen LogP contribution in [0.15, 0.2) is 36.7 Å². The Balaban J connectivity index is 2.09. The van der Waals surface area contributed by atoms with E-state index >= 15 is 0 Å². The molecule has 4 heterocycles. The zero-order chi connectivity index (χ0) is 24.8. The van der Waals surface area contributed by atoms with Crippen LogP contribution in [0, 0.1) is 10.8 Å². The van der Waals surface area contributed by atoms with Gasteiger partial charge in [0.2, 0.25) is 0 Å². The van der Waals surface area contributed by atoms with Gasteiger partial charge in [0, 0.05) is 35.5 Å². The number of esters is 2. The lowest BCUT2D eigenvalue weighted by atomic mass is 9.54. The normalized spacial score (nSPS) is 29.5. The Hall–Kier alpha value is -2.59. The highest BCUT2D eigenvalue weighted by molar-refractivity contribution is 6.31. The number of piperidine rings is 2. The molecule has 0 amide bonds. The lowest BCUT2D eigenvalue weighted by Gasteiger charge is -2.60. The van der Waals surface area contributed by atoms with Crippen molar-refractivity contribution >= 4 is 40.9 Å². The molecule has 11 heteroatoms. The van der Waals surface area contributed by atoms with Crippen LogP contribution in [0.2, 0.25) is 10.0 Å². The molecule has 0 aromatic carbocycles. The van der Waals surface area contributed by atoms with Crippen LogP contribution >= 0.6 is 23.2 Å². The molecule has 2 unspecified atom stereocenters. The van der Waals surface area contributed by atoms with Crippen LogP contribution in [0.5, 0.6) is 0 Å². The van der Waals surface area contributed by atoms with Gasteiger partial charge < -0.3 is 14.4 Å². The quantitative estimate of drug-likeness (QED) is 0.456. The molecule has 2 aliphatic heterocycles. The molecule has 0 aliphatic carbocycles. The van der Waals surface area contributed by atoms with Crippen LogP contribution in [0.3, 0.4) is 0 Å². The van der Waals surface area contributed by atoms with E-state index in [-0.39, 0.29) is 13.1 Å². The average molecular weight is 507 g/mol. The molecule has 0 saturated carbocycles. The van der Waals surface area contributed by atoms with E-state index in [2.05, 4.69) is 9.97 Å². The summed E-state index contributed by atoms with van der Waals surface area (Å²) in [4.78, 5) is 53.9. The first-order valence-corrected chi connectivity index (χ1v) is 11.2. The second-order valence-electron chi connectivity index (χ2n) is 8.70. The molecule has 0 N–H and O–H groups in total. The molecule has 2 saturated heterocycles. The van der Waals surface area contributed by atoms with E-state index in [4.69, 9.17) is 32.7 Å². The number of methoxy groups -OCH3 is 2. The number of aromatic nitrogens is 2. The monoisotopic (exact) mass is 506 g/mol. The number of rotatable bonds is 4. The van der Waals surface area contributed by atoms with Crippen molar-refractivity contribution in [1.82, 2.24) is 19.8 Å². The summed E-state index contributed by atoms with van der Waals surface area (Å²) >= 11 is 12.5. The maximum atomic E-state index is 14.5. The Kier molecular flexibility index (Phi) is 6.41. The Morgan fingerprint density at radius 3 is 1.68 bits per heavy atom. The standard InChI is InChI=1S/C23H24Cl2N4O5/c1-28-11-22(20(31)33-3)17(15-9-13(24)5-7-26-15)29(2)18(16-10-14(25)6-8-27-16)23(12-28,19(22)30)21(32)34-4/h5-10,17-18H,11-12H2,1-4H3/t17-,18+,22?,23?. The lowest BCUT2D eigenvalue weighted by molar-refractivity contribution is -0.202. The highest BCUT2D eigenvalue weighted by Gasteiger charge is 2.75. The minimum absolute atomic E-state index is 0.0101. The van der Waals surface area contributed by atoms with Crippen LogP contribution in [0.25, 0.3) is 0 Å². The van der Waals surface area contributed by atoms with Gasteiger partial charge in [-0.05, 0) is 38.4 Å². The Morgan fingerprint density at radius 1 is 0.912 bits per heavy atom. The molecule has 0 spiro atoms. The third-order valence-electron chi connectivity index (χ3n) is 6.74. The summed E-state index contributed by atoms with van der Waals surface area (Å²) in [5, 5.41) is 0.773. The van der Waals surface area contributed by atoms with Gasteiger partial charge in [-0.2, -0.15) is 0 Å². The molecule has 2 aliphatic rings. The number of hydrogen-bond acceptors (Lipinski definition) is 9. The van der Waals surface area contributed by atoms with Crippen molar-refractivity contribution in [3.63, 3.8) is 0 Å². The number of ether oxygens (including phenoxy) is 2. The molecule has 2 bridgehead atoms. The Labute approximate surface area is 206 Å². The van der Waals surface area contributed by atoms with Gasteiger partial charge in [0.1, 0.15) is 0 Å². The van der Waals surface area contributed by atoms with E-state index in [0.29, 0.717) is 21.4 Å². The van der Waals surface area contributed by atoms with E-state index in [0.717, 1.165) is 0 Å². The Morgan fingerprint density at radius 2 is 1.32 bits per heavy atom. The number of hydrogen-bond donors (Lipinski definition) is 0. The summed E-state index contributed by atoms with van der Waals surface area (Å²) in [7, 11) is 5.88. The summed E-state index contributed by atoms with van der Waals surface area (Å²) in [6, 6.07) is 4.56. The predicted octanol–water partition coefficient (Wildman–Crippen LogP) is 2.34. The number of ketones is 1. The number of pyridine rings is 2. The highest BCUT2D eigenvalue weighted by atomic mass is 35.5. The van der Waals surface area contributed by atoms with Gasteiger partial charge in [-0.15, -0.1) is 0 Å². The third kappa shape index (κ3) is 3.41. The molecule has 2 aromatic heterocycles. The van der Waals surface area contributed by atoms with Crippen LogP contribution < -0.4 is 0 Å². The number of fused-ring (bicyclic) bond motifs is 2. The molecule has 2 aromatic rings. The van der Waals surface area contributed by atoms with Gasteiger partial charge in [-0.1, -0.05) is 23.2 Å². The number of Topliss-reactive ketones (excluding diaryl/α,β-unsaturated/α-hetero) is 1. The molecule has 4 rings (SSSR count). The van der Waals surface area contributed by atoms with Gasteiger partial charge >= 0.3 is 11.9 Å². The number of likely N-dealkylation sites (tertiary alicyclic amines) is 2. The van der Waals surface area contributed by atoms with Gasteiger partial charge in [0.25, 0.3) is 0 Å². The number of carbonyl (C=O) groups is 3. The SMILES string of the molecule is COC(=O)C12CN(C)CC(C(=O)OC)(C1=O)[C@@H](c1cc(Cl)ccn1)N(C)[C@H]2c1cc(Cl)ccn1. The summed E-state index contributed by atoms with van der Waals surface area (Å²) in [6.07, 6.45) is 3.00. The highest BCUT2D eigenvalue weighted by Crippen LogP contribution is 2.60. The first kappa shape index (κ1) is 24.5. The summed E-state index contributed by atoms with van der Waals surface area (Å²) in [5.74, 6) is -2.14. The minimum Gasteiger partial charge on any atom is -0.468 e. The number of nitrogens with zero attached hydrogens (tertiary/aromatic N) is 4. The van der Waals surface area contributed by atoms with Crippen molar-refractivity contribution in [2.24, 2.45) is 10.8 Å². The zero-order valence-electron chi connectivity index (χ0n) is 19.1. The van der Waals surface area contributed by atoms with Crippen molar-refractivity contribution in [3.8, 4) is 0 Å². The lowest BCUT2D eigenvalue weighted by Crippen LogP contribution is -2.75.